The van der Waals surface area contributed by atoms with E-state index in [0.29, 0.717) is 16.8 Å². The number of pyridine rings is 1. The number of carbonyl (C=O) groups excluding carboxylic acids is 2. The van der Waals surface area contributed by atoms with Crippen LogP contribution in [0.25, 0.3) is 11.1 Å². The average molecular weight is 466 g/mol. The number of aromatic nitrogens is 1. The molecule has 6 nitrogen and oxygen atoms in total. The molecule has 2 heterocycles. The Bertz CT molecular complexity index is 1230. The minimum Gasteiger partial charge on any atom is -0.444 e. The SMILES string of the molecule is CC(C)(C)OC(=O)N[C@@H](Cc1cc(F)cc(F)c1)c1ncccc1-c1cccc2c1CC(=O)N2. The van der Waals surface area contributed by atoms with E-state index >= 15 is 0 Å². The number of rotatable bonds is 5. The van der Waals surface area contributed by atoms with Crippen molar-refractivity contribution in [1.82, 2.24) is 10.3 Å². The number of nitrogens with one attached hydrogen (secondary N) is 2. The molecule has 1 atom stereocenters. The topological polar surface area (TPSA) is 80.3 Å². The lowest BCUT2D eigenvalue weighted by atomic mass is 9.92. The van der Waals surface area contributed by atoms with Gasteiger partial charge in [0.05, 0.1) is 18.2 Å². The van der Waals surface area contributed by atoms with Gasteiger partial charge in [0.1, 0.15) is 17.2 Å². The van der Waals surface area contributed by atoms with Gasteiger partial charge in [0.25, 0.3) is 0 Å². The molecule has 0 saturated carbocycles. The van der Waals surface area contributed by atoms with E-state index in [4.69, 9.17) is 4.74 Å². The summed E-state index contributed by atoms with van der Waals surface area (Å²) in [6.07, 6.45) is 1.20. The van der Waals surface area contributed by atoms with Crippen LogP contribution in [-0.2, 0) is 22.4 Å². The van der Waals surface area contributed by atoms with Crippen molar-refractivity contribution in [2.24, 2.45) is 0 Å². The van der Waals surface area contributed by atoms with Gasteiger partial charge in [-0.05, 0) is 68.1 Å². The third kappa shape index (κ3) is 5.39. The monoisotopic (exact) mass is 465 g/mol. The fourth-order valence-corrected chi connectivity index (χ4v) is 4.06. The largest absolute Gasteiger partial charge is 0.444 e. The molecular formula is C26H25F2N3O3. The lowest BCUT2D eigenvalue weighted by Crippen LogP contribution is -2.36. The zero-order valence-corrected chi connectivity index (χ0v) is 19.1. The highest BCUT2D eigenvalue weighted by molar-refractivity contribution is 6.02. The van der Waals surface area contributed by atoms with Gasteiger partial charge in [-0.2, -0.15) is 0 Å². The van der Waals surface area contributed by atoms with Gasteiger partial charge >= 0.3 is 6.09 Å². The molecule has 34 heavy (non-hydrogen) atoms. The highest BCUT2D eigenvalue weighted by Gasteiger charge is 2.27. The normalized spacial score (nSPS) is 13.7. The summed E-state index contributed by atoms with van der Waals surface area (Å²) in [4.78, 5) is 29.2. The minimum absolute atomic E-state index is 0.0736. The van der Waals surface area contributed by atoms with Crippen LogP contribution in [0, 0.1) is 11.6 Å². The van der Waals surface area contributed by atoms with Crippen LogP contribution in [0.2, 0.25) is 0 Å². The number of hydrogen-bond donors (Lipinski definition) is 2. The maximum atomic E-state index is 13.9. The van der Waals surface area contributed by atoms with Crippen LogP contribution in [0.5, 0.6) is 0 Å². The Hall–Kier alpha value is -3.81. The van der Waals surface area contributed by atoms with E-state index in [2.05, 4.69) is 15.6 Å². The van der Waals surface area contributed by atoms with Crippen molar-refractivity contribution in [3.8, 4) is 11.1 Å². The highest BCUT2D eigenvalue weighted by atomic mass is 19.1. The number of benzene rings is 2. The van der Waals surface area contributed by atoms with Crippen LogP contribution < -0.4 is 10.6 Å². The highest BCUT2D eigenvalue weighted by Crippen LogP contribution is 2.36. The molecule has 2 amide bonds. The smallest absolute Gasteiger partial charge is 0.408 e. The summed E-state index contributed by atoms with van der Waals surface area (Å²) in [7, 11) is 0. The number of hydrogen-bond acceptors (Lipinski definition) is 4. The van der Waals surface area contributed by atoms with Gasteiger partial charge in [0, 0.05) is 23.5 Å². The quantitative estimate of drug-likeness (QED) is 0.534. The maximum Gasteiger partial charge on any atom is 0.408 e. The predicted molar refractivity (Wildman–Crippen MR) is 124 cm³/mol. The third-order valence-corrected chi connectivity index (χ3v) is 5.30. The summed E-state index contributed by atoms with van der Waals surface area (Å²) in [5.41, 5.74) is 3.15. The first kappa shape index (κ1) is 23.4. The zero-order valence-electron chi connectivity index (χ0n) is 19.1. The van der Waals surface area contributed by atoms with E-state index in [1.807, 2.05) is 24.3 Å². The number of carbonyl (C=O) groups is 2. The molecule has 0 bridgehead atoms. The molecule has 0 saturated heterocycles. The van der Waals surface area contributed by atoms with Gasteiger partial charge in [0.2, 0.25) is 5.91 Å². The van der Waals surface area contributed by atoms with Crippen LogP contribution in [0.1, 0.15) is 43.6 Å². The molecule has 3 aromatic rings. The fraction of sp³-hybridized carbons (Fsp3) is 0.269. The van der Waals surface area contributed by atoms with E-state index in [9.17, 15) is 18.4 Å². The second-order valence-corrected chi connectivity index (χ2v) is 9.17. The maximum absolute atomic E-state index is 13.9. The molecule has 1 aliphatic heterocycles. The molecule has 4 rings (SSSR count). The lowest BCUT2D eigenvalue weighted by Gasteiger charge is -2.25. The molecule has 2 aromatic carbocycles. The summed E-state index contributed by atoms with van der Waals surface area (Å²) >= 11 is 0. The molecule has 0 aliphatic carbocycles. The van der Waals surface area contributed by atoms with Crippen molar-refractivity contribution in [3.63, 3.8) is 0 Å². The molecule has 0 unspecified atom stereocenters. The van der Waals surface area contributed by atoms with Gasteiger partial charge in [-0.25, -0.2) is 13.6 Å². The first-order valence-corrected chi connectivity index (χ1v) is 10.9. The Morgan fingerprint density at radius 2 is 1.82 bits per heavy atom. The number of halogens is 2. The van der Waals surface area contributed by atoms with Crippen molar-refractivity contribution in [3.05, 3.63) is 83.2 Å². The van der Waals surface area contributed by atoms with Gasteiger partial charge in [-0.15, -0.1) is 0 Å². The fourth-order valence-electron chi connectivity index (χ4n) is 4.06. The van der Waals surface area contributed by atoms with E-state index < -0.39 is 29.4 Å². The van der Waals surface area contributed by atoms with Gasteiger partial charge in [-0.1, -0.05) is 18.2 Å². The van der Waals surface area contributed by atoms with Crippen LogP contribution in [0.15, 0.2) is 54.7 Å². The summed E-state index contributed by atoms with van der Waals surface area (Å²) in [5.74, 6) is -1.53. The van der Waals surface area contributed by atoms with Crippen molar-refractivity contribution in [2.75, 3.05) is 5.32 Å². The number of ether oxygens (including phenoxy) is 1. The first-order chi connectivity index (χ1) is 16.1. The summed E-state index contributed by atoms with van der Waals surface area (Å²) < 4.78 is 33.2. The Labute approximate surface area is 196 Å². The standard InChI is InChI=1S/C26H25F2N3O3/c1-26(2,3)34-25(33)31-22(12-15-10-16(27)13-17(28)11-15)24-19(7-5-9-29-24)18-6-4-8-21-20(18)14-23(32)30-21/h4-11,13,22H,12,14H2,1-3H3,(H,30,32)(H,31,33)/t22-/m0/s1. The Morgan fingerprint density at radius 1 is 1.12 bits per heavy atom. The van der Waals surface area contributed by atoms with Crippen molar-refractivity contribution in [2.45, 2.75) is 45.3 Å². The Balaban J connectivity index is 1.77. The summed E-state index contributed by atoms with van der Waals surface area (Å²) in [6.45, 7) is 5.23. The molecular weight excluding hydrogens is 440 g/mol. The van der Waals surface area contributed by atoms with Gasteiger partial charge in [-0.3, -0.25) is 9.78 Å². The molecule has 0 fully saturated rings. The van der Waals surface area contributed by atoms with Gasteiger partial charge in [0.15, 0.2) is 0 Å². The Kier molecular flexibility index (Phi) is 6.32. The second kappa shape index (κ2) is 9.21. The van der Waals surface area contributed by atoms with Crippen molar-refractivity contribution < 1.29 is 23.1 Å². The van der Waals surface area contributed by atoms with Crippen LogP contribution in [0.3, 0.4) is 0 Å². The average Bonchev–Trinajstić information content (AvgIpc) is 3.11. The summed E-state index contributed by atoms with van der Waals surface area (Å²) in [5, 5.41) is 5.65. The van der Waals surface area contributed by atoms with Crippen LogP contribution in [-0.4, -0.2) is 22.6 Å². The lowest BCUT2D eigenvalue weighted by molar-refractivity contribution is -0.115. The molecule has 176 valence electrons. The van der Waals surface area contributed by atoms with E-state index in [0.717, 1.165) is 22.9 Å². The molecule has 0 spiro atoms. The van der Waals surface area contributed by atoms with E-state index in [1.165, 1.54) is 12.1 Å². The molecule has 1 aliphatic rings. The van der Waals surface area contributed by atoms with Crippen LogP contribution >= 0.6 is 0 Å². The molecule has 2 N–H and O–H groups in total. The first-order valence-electron chi connectivity index (χ1n) is 10.9. The number of alkyl carbamates (subject to hydrolysis) is 1. The third-order valence-electron chi connectivity index (χ3n) is 5.30. The molecule has 0 radical (unpaired) electrons. The number of anilines is 1. The second-order valence-electron chi connectivity index (χ2n) is 9.17. The number of fused-ring (bicyclic) bond motifs is 1. The zero-order chi connectivity index (χ0) is 24.5. The number of amides is 2. The van der Waals surface area contributed by atoms with E-state index in [1.54, 1.807) is 33.0 Å². The van der Waals surface area contributed by atoms with Crippen LogP contribution in [0.4, 0.5) is 19.3 Å². The summed E-state index contributed by atoms with van der Waals surface area (Å²) in [6, 6.07) is 11.6. The van der Waals surface area contributed by atoms with Crippen molar-refractivity contribution in [1.29, 1.82) is 0 Å². The van der Waals surface area contributed by atoms with Gasteiger partial charge < -0.3 is 15.4 Å². The Morgan fingerprint density at radius 3 is 2.53 bits per heavy atom. The van der Waals surface area contributed by atoms with E-state index in [-0.39, 0.29) is 18.7 Å². The van der Waals surface area contributed by atoms with Crippen molar-refractivity contribution >= 4 is 17.7 Å². The molecule has 1 aromatic heterocycles. The number of nitrogens with zero attached hydrogens (tertiary/aromatic N) is 1. The predicted octanol–water partition coefficient (Wildman–Crippen LogP) is 5.33. The minimum atomic E-state index is -0.756. The molecule has 8 heteroatoms.